The molecule has 0 aromatic carbocycles. The second-order valence-corrected chi connectivity index (χ2v) is 3.14. The highest BCUT2D eigenvalue weighted by Crippen LogP contribution is 2.30. The molecule has 0 aromatic rings. The van der Waals surface area contributed by atoms with Crippen molar-refractivity contribution in [1.82, 2.24) is 10.2 Å². The molecule has 0 aromatic heterocycles. The van der Waals surface area contributed by atoms with Crippen LogP contribution in [0.3, 0.4) is 0 Å². The summed E-state index contributed by atoms with van der Waals surface area (Å²) < 4.78 is 0. The first-order valence-electron chi connectivity index (χ1n) is 4.10. The zero-order chi connectivity index (χ0) is 9.14. The highest BCUT2D eigenvalue weighted by molar-refractivity contribution is 5.86. The number of nitrogens with one attached hydrogen (secondary N) is 1. The predicted molar refractivity (Wildman–Crippen MR) is 44.4 cm³/mol. The summed E-state index contributed by atoms with van der Waals surface area (Å²) in [7, 11) is 3.23. The molecule has 1 fully saturated rings. The van der Waals surface area contributed by atoms with Crippen molar-refractivity contribution < 1.29 is 9.59 Å². The Labute approximate surface area is 71.9 Å². The maximum Gasteiger partial charge on any atom is 0.239 e. The number of likely N-dealkylation sites (N-methyl/N-ethyl adjacent to an activating group) is 2. The molecule has 1 rings (SSSR count). The SMILES string of the molecule is CNC(=O)CN(C)C(=O)C1CC1. The number of nitrogens with zero attached hydrogens (tertiary/aromatic N) is 1. The van der Waals surface area contributed by atoms with Crippen molar-refractivity contribution in [3.05, 3.63) is 0 Å². The van der Waals surface area contributed by atoms with Gasteiger partial charge < -0.3 is 10.2 Å². The second-order valence-electron chi connectivity index (χ2n) is 3.14. The predicted octanol–water partition coefficient (Wildman–Crippen LogP) is -0.399. The molecular weight excluding hydrogens is 156 g/mol. The molecule has 4 heteroatoms. The summed E-state index contributed by atoms with van der Waals surface area (Å²) in [5, 5.41) is 2.48. The molecule has 0 atom stereocenters. The normalized spacial score (nSPS) is 15.5. The second kappa shape index (κ2) is 3.56. The topological polar surface area (TPSA) is 49.4 Å². The molecule has 1 aliphatic carbocycles. The van der Waals surface area contributed by atoms with Gasteiger partial charge >= 0.3 is 0 Å². The lowest BCUT2D eigenvalue weighted by molar-refractivity contribution is -0.135. The third-order valence-electron chi connectivity index (χ3n) is 1.96. The van der Waals surface area contributed by atoms with Gasteiger partial charge in [0.15, 0.2) is 0 Å². The van der Waals surface area contributed by atoms with Crippen LogP contribution in [0.5, 0.6) is 0 Å². The van der Waals surface area contributed by atoms with Crippen molar-refractivity contribution in [3.63, 3.8) is 0 Å². The number of amides is 2. The van der Waals surface area contributed by atoms with Gasteiger partial charge in [-0.2, -0.15) is 0 Å². The number of carbonyl (C=O) groups excluding carboxylic acids is 2. The fourth-order valence-corrected chi connectivity index (χ4v) is 1.01. The lowest BCUT2D eigenvalue weighted by Crippen LogP contribution is -2.37. The van der Waals surface area contributed by atoms with E-state index in [-0.39, 0.29) is 24.3 Å². The highest BCUT2D eigenvalue weighted by atomic mass is 16.2. The summed E-state index contributed by atoms with van der Waals surface area (Å²) in [5.74, 6) is 0.171. The number of hydrogen-bond acceptors (Lipinski definition) is 2. The first-order chi connectivity index (χ1) is 5.65. The van der Waals surface area contributed by atoms with Crippen LogP contribution >= 0.6 is 0 Å². The highest BCUT2D eigenvalue weighted by Gasteiger charge is 2.32. The summed E-state index contributed by atoms with van der Waals surface area (Å²) in [6, 6.07) is 0. The zero-order valence-corrected chi connectivity index (χ0v) is 7.46. The van der Waals surface area contributed by atoms with Crippen molar-refractivity contribution in [2.75, 3.05) is 20.6 Å². The van der Waals surface area contributed by atoms with Gasteiger partial charge in [0.1, 0.15) is 0 Å². The van der Waals surface area contributed by atoms with Gasteiger partial charge in [-0.15, -0.1) is 0 Å². The monoisotopic (exact) mass is 170 g/mol. The van der Waals surface area contributed by atoms with Crippen LogP contribution in [-0.4, -0.2) is 37.4 Å². The molecule has 0 heterocycles. The third kappa shape index (κ3) is 2.22. The summed E-state index contributed by atoms with van der Waals surface area (Å²) in [5.41, 5.74) is 0. The Morgan fingerprint density at radius 3 is 2.50 bits per heavy atom. The quantitative estimate of drug-likeness (QED) is 0.626. The van der Waals surface area contributed by atoms with Gasteiger partial charge in [-0.1, -0.05) is 0 Å². The molecule has 12 heavy (non-hydrogen) atoms. The molecule has 0 saturated heterocycles. The van der Waals surface area contributed by atoms with E-state index in [2.05, 4.69) is 5.32 Å². The van der Waals surface area contributed by atoms with Gasteiger partial charge in [-0.25, -0.2) is 0 Å². The van der Waals surface area contributed by atoms with E-state index in [1.807, 2.05) is 0 Å². The minimum Gasteiger partial charge on any atom is -0.358 e. The van der Waals surface area contributed by atoms with E-state index in [0.29, 0.717) is 0 Å². The van der Waals surface area contributed by atoms with Gasteiger partial charge in [0.2, 0.25) is 11.8 Å². The van der Waals surface area contributed by atoms with Crippen LogP contribution < -0.4 is 5.32 Å². The zero-order valence-electron chi connectivity index (χ0n) is 7.46. The molecule has 1 saturated carbocycles. The van der Waals surface area contributed by atoms with Gasteiger partial charge in [-0.05, 0) is 12.8 Å². The minimum atomic E-state index is -0.119. The Bertz CT molecular complexity index is 199. The maximum absolute atomic E-state index is 11.3. The van der Waals surface area contributed by atoms with Crippen LogP contribution in [-0.2, 0) is 9.59 Å². The summed E-state index contributed by atoms with van der Waals surface area (Å²) in [6.07, 6.45) is 1.97. The average Bonchev–Trinajstić information content (AvgIpc) is 2.85. The molecule has 68 valence electrons. The van der Waals surface area contributed by atoms with E-state index >= 15 is 0 Å². The molecule has 0 aliphatic heterocycles. The van der Waals surface area contributed by atoms with Crippen molar-refractivity contribution in [2.45, 2.75) is 12.8 Å². The Hall–Kier alpha value is -1.06. The van der Waals surface area contributed by atoms with E-state index in [9.17, 15) is 9.59 Å². The first kappa shape index (κ1) is 9.03. The summed E-state index contributed by atoms with van der Waals surface area (Å²) >= 11 is 0. The van der Waals surface area contributed by atoms with Crippen molar-refractivity contribution in [2.24, 2.45) is 5.92 Å². The van der Waals surface area contributed by atoms with E-state index in [0.717, 1.165) is 12.8 Å². The summed E-state index contributed by atoms with van der Waals surface area (Å²) in [4.78, 5) is 23.6. The first-order valence-corrected chi connectivity index (χ1v) is 4.10. The maximum atomic E-state index is 11.3. The molecular formula is C8H14N2O2. The van der Waals surface area contributed by atoms with Crippen LogP contribution in [0.2, 0.25) is 0 Å². The molecule has 4 nitrogen and oxygen atoms in total. The Morgan fingerprint density at radius 2 is 2.08 bits per heavy atom. The molecule has 2 amide bonds. The van der Waals surface area contributed by atoms with E-state index in [1.165, 1.54) is 4.90 Å². The van der Waals surface area contributed by atoms with E-state index < -0.39 is 0 Å². The molecule has 0 unspecified atom stereocenters. The fraction of sp³-hybridized carbons (Fsp3) is 0.750. The van der Waals surface area contributed by atoms with E-state index in [4.69, 9.17) is 0 Å². The number of rotatable bonds is 3. The molecule has 0 bridgehead atoms. The average molecular weight is 170 g/mol. The van der Waals surface area contributed by atoms with Gasteiger partial charge in [-0.3, -0.25) is 9.59 Å². The fourth-order valence-electron chi connectivity index (χ4n) is 1.01. The largest absolute Gasteiger partial charge is 0.358 e. The standard InChI is InChI=1S/C8H14N2O2/c1-9-7(11)5-10(2)8(12)6-3-4-6/h6H,3-5H2,1-2H3,(H,9,11). The Morgan fingerprint density at radius 1 is 1.50 bits per heavy atom. The molecule has 1 N–H and O–H groups in total. The van der Waals surface area contributed by atoms with Crippen LogP contribution in [0.4, 0.5) is 0 Å². The lowest BCUT2D eigenvalue weighted by atomic mass is 10.3. The van der Waals surface area contributed by atoms with Crippen LogP contribution in [0.15, 0.2) is 0 Å². The number of carbonyl (C=O) groups is 2. The van der Waals surface area contributed by atoms with Crippen molar-refractivity contribution in [3.8, 4) is 0 Å². The number of hydrogen-bond donors (Lipinski definition) is 1. The third-order valence-corrected chi connectivity index (χ3v) is 1.96. The van der Waals surface area contributed by atoms with Crippen LogP contribution in [0.25, 0.3) is 0 Å². The molecule has 0 spiro atoms. The Kier molecular flexibility index (Phi) is 2.68. The minimum absolute atomic E-state index is 0.0959. The Balaban J connectivity index is 2.31. The van der Waals surface area contributed by atoms with Crippen LogP contribution in [0.1, 0.15) is 12.8 Å². The van der Waals surface area contributed by atoms with Crippen molar-refractivity contribution in [1.29, 1.82) is 0 Å². The van der Waals surface area contributed by atoms with Gasteiger partial charge in [0, 0.05) is 20.0 Å². The van der Waals surface area contributed by atoms with Crippen LogP contribution in [0, 0.1) is 5.92 Å². The summed E-state index contributed by atoms with van der Waals surface area (Å²) in [6.45, 7) is 0.172. The van der Waals surface area contributed by atoms with E-state index in [1.54, 1.807) is 14.1 Å². The molecule has 1 aliphatic rings. The van der Waals surface area contributed by atoms with Crippen molar-refractivity contribution >= 4 is 11.8 Å². The van der Waals surface area contributed by atoms with Gasteiger partial charge in [0.05, 0.1) is 6.54 Å². The lowest BCUT2D eigenvalue weighted by Gasteiger charge is -2.15. The van der Waals surface area contributed by atoms with Gasteiger partial charge in [0.25, 0.3) is 0 Å². The molecule has 0 radical (unpaired) electrons. The smallest absolute Gasteiger partial charge is 0.239 e.